The predicted octanol–water partition coefficient (Wildman–Crippen LogP) is 4.17. The molecule has 0 N–H and O–H groups in total. The van der Waals surface area contributed by atoms with Gasteiger partial charge in [0.2, 0.25) is 0 Å². The molecule has 1 aromatic rings. The zero-order valence-electron chi connectivity index (χ0n) is 14.2. The lowest BCUT2D eigenvalue weighted by Gasteiger charge is -2.41. The van der Waals surface area contributed by atoms with Crippen molar-refractivity contribution in [1.82, 2.24) is 9.91 Å². The lowest BCUT2D eigenvalue weighted by molar-refractivity contribution is 0.0507. The molecule has 120 valence electrons. The highest BCUT2D eigenvalue weighted by molar-refractivity contribution is 5.56. The summed E-state index contributed by atoms with van der Waals surface area (Å²) in [6.07, 6.45) is 6.06. The fourth-order valence-electron chi connectivity index (χ4n) is 3.99. The molecule has 1 fully saturated rings. The van der Waals surface area contributed by atoms with E-state index in [-0.39, 0.29) is 0 Å². The first kappa shape index (κ1) is 15.4. The van der Waals surface area contributed by atoms with Crippen molar-refractivity contribution in [2.24, 2.45) is 22.9 Å². The smallest absolute Gasteiger partial charge is 0.113 e. The number of benzene rings is 1. The molecule has 1 heterocycles. The van der Waals surface area contributed by atoms with Crippen LogP contribution in [0.15, 0.2) is 35.4 Å². The first-order valence-electron chi connectivity index (χ1n) is 8.72. The molecule has 3 heteroatoms. The molecule has 1 aliphatic heterocycles. The summed E-state index contributed by atoms with van der Waals surface area (Å²) < 4.78 is 0. The Morgan fingerprint density at radius 3 is 2.68 bits per heavy atom. The molecule has 1 saturated carbocycles. The topological polar surface area (TPSA) is 18.8 Å². The fraction of sp³-hybridized carbons (Fsp3) is 0.632. The van der Waals surface area contributed by atoms with Crippen LogP contribution in [0.4, 0.5) is 0 Å². The summed E-state index contributed by atoms with van der Waals surface area (Å²) in [5.41, 5.74) is 1.35. The zero-order valence-corrected chi connectivity index (χ0v) is 14.2. The summed E-state index contributed by atoms with van der Waals surface area (Å²) in [6, 6.07) is 11.3. The summed E-state index contributed by atoms with van der Waals surface area (Å²) >= 11 is 0. The van der Waals surface area contributed by atoms with Gasteiger partial charge in [-0.05, 0) is 36.2 Å². The maximum Gasteiger partial charge on any atom is 0.113 e. The van der Waals surface area contributed by atoms with Gasteiger partial charge < -0.3 is 4.90 Å². The molecule has 2 aliphatic rings. The second-order valence-corrected chi connectivity index (χ2v) is 7.44. The molecule has 0 bridgehead atoms. The maximum atomic E-state index is 4.74. The third-order valence-electron chi connectivity index (χ3n) is 5.29. The van der Waals surface area contributed by atoms with Crippen LogP contribution in [0.5, 0.6) is 0 Å². The van der Waals surface area contributed by atoms with Gasteiger partial charge in [0, 0.05) is 6.54 Å². The van der Waals surface area contributed by atoms with E-state index in [0.717, 1.165) is 31.0 Å². The minimum absolute atomic E-state index is 0.612. The molecular formula is C19H29N3. The standard InChI is InChI=1S/C19H29N3/c1-15(2)18-10-9-16(3)11-19(18)22-14-21(13-20-22)12-17-7-5-4-6-8-17/h4-8,13,15-16,18-19H,9-12,14H2,1-3H3/t16-,18+,19?/m1/s1. The first-order chi connectivity index (χ1) is 10.6. The number of hydrogen-bond donors (Lipinski definition) is 0. The van der Waals surface area contributed by atoms with Gasteiger partial charge in [-0.15, -0.1) is 0 Å². The first-order valence-corrected chi connectivity index (χ1v) is 8.72. The van der Waals surface area contributed by atoms with Gasteiger partial charge in [0.15, 0.2) is 0 Å². The Labute approximate surface area is 135 Å². The van der Waals surface area contributed by atoms with Crippen molar-refractivity contribution < 1.29 is 0 Å². The molecule has 0 saturated heterocycles. The van der Waals surface area contributed by atoms with E-state index in [1.807, 2.05) is 6.34 Å². The molecule has 0 spiro atoms. The highest BCUT2D eigenvalue weighted by Gasteiger charge is 2.36. The summed E-state index contributed by atoms with van der Waals surface area (Å²) in [4.78, 5) is 2.33. The van der Waals surface area contributed by atoms with Crippen molar-refractivity contribution in [3.8, 4) is 0 Å². The number of hydrazone groups is 1. The van der Waals surface area contributed by atoms with Crippen molar-refractivity contribution in [3.05, 3.63) is 35.9 Å². The highest BCUT2D eigenvalue weighted by Crippen LogP contribution is 2.37. The van der Waals surface area contributed by atoms with E-state index >= 15 is 0 Å². The molecule has 22 heavy (non-hydrogen) atoms. The quantitative estimate of drug-likeness (QED) is 0.831. The highest BCUT2D eigenvalue weighted by atomic mass is 15.6. The second-order valence-electron chi connectivity index (χ2n) is 7.44. The molecule has 1 aliphatic carbocycles. The predicted molar refractivity (Wildman–Crippen MR) is 92.3 cm³/mol. The van der Waals surface area contributed by atoms with E-state index in [2.05, 4.69) is 61.0 Å². The van der Waals surface area contributed by atoms with Crippen LogP contribution in [-0.2, 0) is 6.54 Å². The van der Waals surface area contributed by atoms with E-state index in [1.165, 1.54) is 24.8 Å². The Balaban J connectivity index is 1.62. The minimum atomic E-state index is 0.612. The van der Waals surface area contributed by atoms with Gasteiger partial charge in [-0.25, -0.2) is 0 Å². The van der Waals surface area contributed by atoms with Gasteiger partial charge in [-0.3, -0.25) is 5.01 Å². The lowest BCUT2D eigenvalue weighted by atomic mass is 9.74. The van der Waals surface area contributed by atoms with Crippen LogP contribution in [0.1, 0.15) is 45.6 Å². The molecule has 0 amide bonds. The van der Waals surface area contributed by atoms with Crippen molar-refractivity contribution >= 4 is 6.34 Å². The van der Waals surface area contributed by atoms with Crippen molar-refractivity contribution in [2.45, 2.75) is 52.6 Å². The Bertz CT molecular complexity index is 497. The fourth-order valence-corrected chi connectivity index (χ4v) is 3.99. The van der Waals surface area contributed by atoms with Crippen LogP contribution in [0.3, 0.4) is 0 Å². The largest absolute Gasteiger partial charge is 0.338 e. The van der Waals surface area contributed by atoms with Crippen LogP contribution in [0.2, 0.25) is 0 Å². The Kier molecular flexibility index (Phi) is 4.70. The number of nitrogens with zero attached hydrogens (tertiary/aromatic N) is 3. The van der Waals surface area contributed by atoms with Crippen LogP contribution in [-0.4, -0.2) is 29.0 Å². The monoisotopic (exact) mass is 299 g/mol. The van der Waals surface area contributed by atoms with Crippen LogP contribution < -0.4 is 0 Å². The summed E-state index contributed by atoms with van der Waals surface area (Å²) in [5, 5.41) is 7.09. The lowest BCUT2D eigenvalue weighted by Crippen LogP contribution is -2.44. The third-order valence-corrected chi connectivity index (χ3v) is 5.29. The van der Waals surface area contributed by atoms with E-state index < -0.39 is 0 Å². The van der Waals surface area contributed by atoms with Crippen LogP contribution in [0.25, 0.3) is 0 Å². The van der Waals surface area contributed by atoms with E-state index in [9.17, 15) is 0 Å². The SMILES string of the molecule is CC(C)[C@@H]1CC[C@@H](C)CC1N1CN(Cc2ccccc2)C=N1. The van der Waals surface area contributed by atoms with Gasteiger partial charge in [0.25, 0.3) is 0 Å². The van der Waals surface area contributed by atoms with Gasteiger partial charge in [-0.1, -0.05) is 57.5 Å². The molecule has 0 radical (unpaired) electrons. The third kappa shape index (κ3) is 3.45. The van der Waals surface area contributed by atoms with Crippen LogP contribution in [0, 0.1) is 17.8 Å². The molecular weight excluding hydrogens is 270 g/mol. The number of rotatable bonds is 4. The average Bonchev–Trinajstić information content (AvgIpc) is 2.96. The van der Waals surface area contributed by atoms with Gasteiger partial charge in [-0.2, -0.15) is 5.10 Å². The van der Waals surface area contributed by atoms with Crippen molar-refractivity contribution in [2.75, 3.05) is 6.67 Å². The molecule has 1 unspecified atom stereocenters. The average molecular weight is 299 g/mol. The van der Waals surface area contributed by atoms with Crippen molar-refractivity contribution in [3.63, 3.8) is 0 Å². The Morgan fingerprint density at radius 2 is 1.95 bits per heavy atom. The van der Waals surface area contributed by atoms with Crippen LogP contribution >= 0.6 is 0 Å². The van der Waals surface area contributed by atoms with Gasteiger partial charge in [0.05, 0.1) is 6.04 Å². The number of hydrogen-bond acceptors (Lipinski definition) is 3. The zero-order chi connectivity index (χ0) is 15.5. The molecule has 0 aromatic heterocycles. The second kappa shape index (κ2) is 6.72. The molecule has 3 nitrogen and oxygen atoms in total. The maximum absolute atomic E-state index is 4.74. The summed E-state index contributed by atoms with van der Waals surface area (Å²) in [6.45, 7) is 9.03. The van der Waals surface area contributed by atoms with Gasteiger partial charge in [0.1, 0.15) is 13.0 Å². The summed E-state index contributed by atoms with van der Waals surface area (Å²) in [7, 11) is 0. The Morgan fingerprint density at radius 1 is 1.18 bits per heavy atom. The van der Waals surface area contributed by atoms with Gasteiger partial charge >= 0.3 is 0 Å². The minimum Gasteiger partial charge on any atom is -0.338 e. The van der Waals surface area contributed by atoms with E-state index in [1.54, 1.807) is 0 Å². The van der Waals surface area contributed by atoms with Crippen molar-refractivity contribution in [1.29, 1.82) is 0 Å². The van der Waals surface area contributed by atoms with E-state index in [0.29, 0.717) is 6.04 Å². The van der Waals surface area contributed by atoms with E-state index in [4.69, 9.17) is 5.10 Å². The molecule has 3 rings (SSSR count). The summed E-state index contributed by atoms with van der Waals surface area (Å²) in [5.74, 6) is 2.36. The molecule has 3 atom stereocenters. The Hall–Kier alpha value is -1.51. The molecule has 1 aromatic carbocycles. The normalized spacial score (nSPS) is 28.6.